The van der Waals surface area contributed by atoms with Gasteiger partial charge in [0, 0.05) is 44.2 Å². The molecule has 2 fully saturated rings. The van der Waals surface area contributed by atoms with Gasteiger partial charge in [0.15, 0.2) is 0 Å². The van der Waals surface area contributed by atoms with E-state index in [0.29, 0.717) is 6.61 Å². The van der Waals surface area contributed by atoms with Crippen LogP contribution in [0.3, 0.4) is 0 Å². The first kappa shape index (κ1) is 16.3. The average molecular weight is 317 g/mol. The van der Waals surface area contributed by atoms with Crippen LogP contribution in [0, 0.1) is 6.92 Å². The zero-order chi connectivity index (χ0) is 16.2. The molecule has 0 aromatic heterocycles. The minimum Gasteiger partial charge on any atom is -0.369 e. The van der Waals surface area contributed by atoms with Gasteiger partial charge in [-0.3, -0.25) is 4.79 Å². The largest absolute Gasteiger partial charge is 0.369 e. The summed E-state index contributed by atoms with van der Waals surface area (Å²) in [5, 5.41) is 3.01. The second kappa shape index (κ2) is 7.32. The van der Waals surface area contributed by atoms with Crippen molar-refractivity contribution in [2.24, 2.45) is 0 Å². The number of anilines is 2. The van der Waals surface area contributed by atoms with Crippen molar-refractivity contribution in [3.05, 3.63) is 23.8 Å². The maximum Gasteiger partial charge on any atom is 0.253 e. The van der Waals surface area contributed by atoms with E-state index in [2.05, 4.69) is 41.1 Å². The van der Waals surface area contributed by atoms with Gasteiger partial charge < -0.3 is 19.9 Å². The molecule has 0 spiro atoms. The van der Waals surface area contributed by atoms with Gasteiger partial charge in [0.05, 0.1) is 0 Å². The van der Waals surface area contributed by atoms with Gasteiger partial charge in [-0.15, -0.1) is 0 Å². The van der Waals surface area contributed by atoms with Crippen molar-refractivity contribution in [1.82, 2.24) is 4.90 Å². The molecule has 1 aromatic carbocycles. The average Bonchev–Trinajstić information content (AvgIpc) is 3.11. The molecule has 0 radical (unpaired) electrons. The summed E-state index contributed by atoms with van der Waals surface area (Å²) in [7, 11) is 0. The maximum absolute atomic E-state index is 12.2. The number of carbonyl (C=O) groups is 1. The van der Waals surface area contributed by atoms with Gasteiger partial charge >= 0.3 is 0 Å². The quantitative estimate of drug-likeness (QED) is 0.925. The number of piperazine rings is 1. The van der Waals surface area contributed by atoms with Crippen LogP contribution in [0.4, 0.5) is 11.4 Å². The van der Waals surface area contributed by atoms with Crippen LogP contribution in [0.1, 0.15) is 25.3 Å². The molecule has 1 aromatic rings. The van der Waals surface area contributed by atoms with Crippen molar-refractivity contribution in [3.63, 3.8) is 0 Å². The van der Waals surface area contributed by atoms with Crippen LogP contribution in [0.15, 0.2) is 18.2 Å². The number of amides is 1. The molecule has 2 saturated heterocycles. The molecule has 3 rings (SSSR count). The highest BCUT2D eigenvalue weighted by Crippen LogP contribution is 2.24. The summed E-state index contributed by atoms with van der Waals surface area (Å²) >= 11 is 0. The van der Waals surface area contributed by atoms with E-state index in [1.54, 1.807) is 0 Å². The second-order valence-electron chi connectivity index (χ2n) is 6.41. The van der Waals surface area contributed by atoms with E-state index >= 15 is 0 Å². The number of carbonyl (C=O) groups excluding carboxylic acids is 1. The number of benzene rings is 1. The van der Waals surface area contributed by atoms with Gasteiger partial charge in [-0.05, 0) is 50.1 Å². The third kappa shape index (κ3) is 3.85. The summed E-state index contributed by atoms with van der Waals surface area (Å²) < 4.78 is 5.44. The molecule has 0 aliphatic carbocycles. The molecule has 5 nitrogen and oxygen atoms in total. The third-order valence-corrected chi connectivity index (χ3v) is 4.87. The Kier molecular flexibility index (Phi) is 5.18. The first-order valence-corrected chi connectivity index (χ1v) is 8.68. The van der Waals surface area contributed by atoms with Gasteiger partial charge in [-0.2, -0.15) is 0 Å². The van der Waals surface area contributed by atoms with Crippen molar-refractivity contribution in [1.29, 1.82) is 0 Å². The van der Waals surface area contributed by atoms with Crippen molar-refractivity contribution in [2.45, 2.75) is 32.8 Å². The summed E-state index contributed by atoms with van der Waals surface area (Å²) in [5.41, 5.74) is 3.24. The number of nitrogens with zero attached hydrogens (tertiary/aromatic N) is 2. The van der Waals surface area contributed by atoms with Crippen LogP contribution in [0.5, 0.6) is 0 Å². The molecule has 2 aliphatic rings. The zero-order valence-electron chi connectivity index (χ0n) is 14.2. The van der Waals surface area contributed by atoms with E-state index in [0.717, 1.165) is 56.8 Å². The SMILES string of the molecule is CCN1CCN(c2ccc(NC(=O)C3CCCO3)c(C)c2)CC1. The van der Waals surface area contributed by atoms with Crippen LogP contribution in [0.2, 0.25) is 0 Å². The number of likely N-dealkylation sites (N-methyl/N-ethyl adjacent to an activating group) is 1. The van der Waals surface area contributed by atoms with E-state index in [1.807, 2.05) is 6.07 Å². The zero-order valence-corrected chi connectivity index (χ0v) is 14.2. The Morgan fingerprint density at radius 3 is 2.70 bits per heavy atom. The molecule has 2 heterocycles. The molecule has 0 bridgehead atoms. The summed E-state index contributed by atoms with van der Waals surface area (Å²) in [6.45, 7) is 10.5. The van der Waals surface area contributed by atoms with Gasteiger partial charge in [-0.1, -0.05) is 6.92 Å². The lowest BCUT2D eigenvalue weighted by Gasteiger charge is -2.35. The van der Waals surface area contributed by atoms with Crippen LogP contribution >= 0.6 is 0 Å². The summed E-state index contributed by atoms with van der Waals surface area (Å²) in [4.78, 5) is 17.1. The van der Waals surface area contributed by atoms with Gasteiger partial charge in [0.25, 0.3) is 5.91 Å². The van der Waals surface area contributed by atoms with Gasteiger partial charge in [-0.25, -0.2) is 0 Å². The Morgan fingerprint density at radius 1 is 1.30 bits per heavy atom. The monoisotopic (exact) mass is 317 g/mol. The van der Waals surface area contributed by atoms with Gasteiger partial charge in [0.1, 0.15) is 6.10 Å². The highest BCUT2D eigenvalue weighted by molar-refractivity contribution is 5.95. The smallest absolute Gasteiger partial charge is 0.253 e. The molecule has 2 aliphatic heterocycles. The molecular formula is C18H27N3O2. The molecule has 1 amide bonds. The number of rotatable bonds is 4. The molecule has 0 saturated carbocycles. The number of hydrogen-bond acceptors (Lipinski definition) is 4. The van der Waals surface area contributed by atoms with Crippen LogP contribution in [-0.2, 0) is 9.53 Å². The Morgan fingerprint density at radius 2 is 2.09 bits per heavy atom. The van der Waals surface area contributed by atoms with Gasteiger partial charge in [0.2, 0.25) is 0 Å². The molecule has 23 heavy (non-hydrogen) atoms. The minimum absolute atomic E-state index is 0.0186. The summed E-state index contributed by atoms with van der Waals surface area (Å²) in [6.07, 6.45) is 1.51. The molecule has 126 valence electrons. The topological polar surface area (TPSA) is 44.8 Å². The lowest BCUT2D eigenvalue weighted by Crippen LogP contribution is -2.46. The van der Waals surface area contributed by atoms with E-state index < -0.39 is 0 Å². The number of nitrogens with one attached hydrogen (secondary N) is 1. The highest BCUT2D eigenvalue weighted by atomic mass is 16.5. The predicted octanol–water partition coefficient (Wildman–Crippen LogP) is 2.25. The van der Waals surface area contributed by atoms with Crippen LogP contribution < -0.4 is 10.2 Å². The fraction of sp³-hybridized carbons (Fsp3) is 0.611. The third-order valence-electron chi connectivity index (χ3n) is 4.87. The standard InChI is InChI=1S/C18H27N3O2/c1-3-20-8-10-21(11-9-20)15-6-7-16(14(2)13-15)19-18(22)17-5-4-12-23-17/h6-7,13,17H,3-5,8-12H2,1-2H3,(H,19,22). The lowest BCUT2D eigenvalue weighted by atomic mass is 10.1. The predicted molar refractivity (Wildman–Crippen MR) is 93.1 cm³/mol. The van der Waals surface area contributed by atoms with Crippen molar-refractivity contribution in [3.8, 4) is 0 Å². The van der Waals surface area contributed by atoms with Crippen molar-refractivity contribution in [2.75, 3.05) is 49.5 Å². The fourth-order valence-corrected chi connectivity index (χ4v) is 3.30. The van der Waals surface area contributed by atoms with Crippen molar-refractivity contribution < 1.29 is 9.53 Å². The number of hydrogen-bond donors (Lipinski definition) is 1. The van der Waals surface area contributed by atoms with Crippen molar-refractivity contribution >= 4 is 17.3 Å². The lowest BCUT2D eigenvalue weighted by molar-refractivity contribution is -0.124. The van der Waals surface area contributed by atoms with Crippen LogP contribution in [0.25, 0.3) is 0 Å². The fourth-order valence-electron chi connectivity index (χ4n) is 3.30. The Bertz CT molecular complexity index is 547. The molecule has 1 unspecified atom stereocenters. The Hall–Kier alpha value is -1.59. The van der Waals surface area contributed by atoms with E-state index in [9.17, 15) is 4.79 Å². The summed E-state index contributed by atoms with van der Waals surface area (Å²) in [6, 6.07) is 6.30. The highest BCUT2D eigenvalue weighted by Gasteiger charge is 2.24. The van der Waals surface area contributed by atoms with Crippen LogP contribution in [-0.4, -0.2) is 56.2 Å². The van der Waals surface area contributed by atoms with E-state index in [1.165, 1.54) is 5.69 Å². The Balaban J connectivity index is 1.62. The normalized spacial score (nSPS) is 22.3. The number of ether oxygens (including phenoxy) is 1. The minimum atomic E-state index is -0.281. The first-order valence-electron chi connectivity index (χ1n) is 8.68. The summed E-state index contributed by atoms with van der Waals surface area (Å²) in [5.74, 6) is -0.0186. The van der Waals surface area contributed by atoms with E-state index in [4.69, 9.17) is 4.74 Å². The Labute approximate surface area is 138 Å². The second-order valence-corrected chi connectivity index (χ2v) is 6.41. The molecular weight excluding hydrogens is 290 g/mol. The molecule has 1 N–H and O–H groups in total. The maximum atomic E-state index is 12.2. The molecule has 5 heteroatoms. The number of aryl methyl sites for hydroxylation is 1. The van der Waals surface area contributed by atoms with E-state index in [-0.39, 0.29) is 12.0 Å². The first-order chi connectivity index (χ1) is 11.2. The molecule has 1 atom stereocenters.